The fraction of sp³-hybridized carbons (Fsp3) is 0.250. The van der Waals surface area contributed by atoms with Gasteiger partial charge in [0.2, 0.25) is 0 Å². The van der Waals surface area contributed by atoms with Crippen LogP contribution in [0.1, 0.15) is 17.9 Å². The first-order chi connectivity index (χ1) is 6.79. The van der Waals surface area contributed by atoms with Crippen molar-refractivity contribution in [1.82, 2.24) is 0 Å². The standard InChI is InChI=1S/C12H14O2/c1-3-7-11(12(13)14-2)10-8-5-4-6-9-10/h3-6,8-9,11H,1,7H2,2H3. The van der Waals surface area contributed by atoms with Gasteiger partial charge in [0.15, 0.2) is 0 Å². The Kier molecular flexibility index (Phi) is 3.92. The Hall–Kier alpha value is -1.57. The molecule has 0 aliphatic rings. The van der Waals surface area contributed by atoms with Gasteiger partial charge in [-0.3, -0.25) is 4.79 Å². The summed E-state index contributed by atoms with van der Waals surface area (Å²) in [4.78, 5) is 11.4. The van der Waals surface area contributed by atoms with Crippen LogP contribution in [-0.4, -0.2) is 13.1 Å². The fourth-order valence-corrected chi connectivity index (χ4v) is 1.36. The molecule has 1 aromatic carbocycles. The Morgan fingerprint density at radius 3 is 2.64 bits per heavy atom. The summed E-state index contributed by atoms with van der Waals surface area (Å²) >= 11 is 0. The lowest BCUT2D eigenvalue weighted by atomic mass is 9.96. The summed E-state index contributed by atoms with van der Waals surface area (Å²) < 4.78 is 4.73. The molecule has 0 saturated carbocycles. The predicted octanol–water partition coefficient (Wildman–Crippen LogP) is 2.52. The SMILES string of the molecule is C=CCC(C(=O)OC)c1ccccc1. The van der Waals surface area contributed by atoms with Crippen LogP contribution in [0.4, 0.5) is 0 Å². The van der Waals surface area contributed by atoms with Crippen molar-refractivity contribution in [3.63, 3.8) is 0 Å². The highest BCUT2D eigenvalue weighted by Crippen LogP contribution is 2.20. The minimum absolute atomic E-state index is 0.212. The maximum absolute atomic E-state index is 11.4. The van der Waals surface area contributed by atoms with Crippen molar-refractivity contribution in [3.8, 4) is 0 Å². The van der Waals surface area contributed by atoms with E-state index in [2.05, 4.69) is 6.58 Å². The number of methoxy groups -OCH3 is 1. The third kappa shape index (κ3) is 2.46. The van der Waals surface area contributed by atoms with Crippen LogP contribution in [0.5, 0.6) is 0 Å². The molecule has 0 aromatic heterocycles. The lowest BCUT2D eigenvalue weighted by Crippen LogP contribution is -2.13. The highest BCUT2D eigenvalue weighted by molar-refractivity contribution is 5.78. The van der Waals surface area contributed by atoms with Gasteiger partial charge < -0.3 is 4.74 Å². The molecule has 74 valence electrons. The first-order valence-corrected chi connectivity index (χ1v) is 4.53. The second kappa shape index (κ2) is 5.22. The number of rotatable bonds is 4. The molecule has 0 aliphatic heterocycles. The molecule has 0 saturated heterocycles. The van der Waals surface area contributed by atoms with Crippen LogP contribution >= 0.6 is 0 Å². The second-order valence-electron chi connectivity index (χ2n) is 3.01. The van der Waals surface area contributed by atoms with Crippen molar-refractivity contribution in [3.05, 3.63) is 48.6 Å². The molecular weight excluding hydrogens is 176 g/mol. The number of esters is 1. The molecule has 0 bridgehead atoms. The van der Waals surface area contributed by atoms with Crippen molar-refractivity contribution in [2.45, 2.75) is 12.3 Å². The third-order valence-electron chi connectivity index (χ3n) is 2.09. The number of benzene rings is 1. The van der Waals surface area contributed by atoms with Gasteiger partial charge in [0.1, 0.15) is 0 Å². The number of carbonyl (C=O) groups excluding carboxylic acids is 1. The van der Waals surface area contributed by atoms with E-state index in [1.807, 2.05) is 30.3 Å². The van der Waals surface area contributed by atoms with Gasteiger partial charge in [-0.25, -0.2) is 0 Å². The van der Waals surface area contributed by atoms with E-state index in [1.165, 1.54) is 7.11 Å². The average Bonchev–Trinajstić information content (AvgIpc) is 2.26. The molecule has 2 nitrogen and oxygen atoms in total. The molecule has 0 spiro atoms. The summed E-state index contributed by atoms with van der Waals surface area (Å²) in [6.07, 6.45) is 2.34. The molecule has 1 unspecified atom stereocenters. The van der Waals surface area contributed by atoms with Gasteiger partial charge in [-0.15, -0.1) is 6.58 Å². The molecule has 0 radical (unpaired) electrons. The van der Waals surface area contributed by atoms with Gasteiger partial charge in [0.25, 0.3) is 0 Å². The molecule has 14 heavy (non-hydrogen) atoms. The van der Waals surface area contributed by atoms with Gasteiger partial charge >= 0.3 is 5.97 Å². The minimum atomic E-state index is -0.223. The Morgan fingerprint density at radius 2 is 2.14 bits per heavy atom. The zero-order chi connectivity index (χ0) is 10.4. The molecule has 1 atom stereocenters. The highest BCUT2D eigenvalue weighted by Gasteiger charge is 2.18. The zero-order valence-corrected chi connectivity index (χ0v) is 8.27. The van der Waals surface area contributed by atoms with E-state index < -0.39 is 0 Å². The molecule has 0 heterocycles. The van der Waals surface area contributed by atoms with Crippen LogP contribution in [0.2, 0.25) is 0 Å². The topological polar surface area (TPSA) is 26.3 Å². The third-order valence-corrected chi connectivity index (χ3v) is 2.09. The van der Waals surface area contributed by atoms with Crippen molar-refractivity contribution < 1.29 is 9.53 Å². The van der Waals surface area contributed by atoms with Crippen LogP contribution in [0.3, 0.4) is 0 Å². The molecule has 0 fully saturated rings. The van der Waals surface area contributed by atoms with E-state index in [1.54, 1.807) is 6.08 Å². The van der Waals surface area contributed by atoms with E-state index >= 15 is 0 Å². The zero-order valence-electron chi connectivity index (χ0n) is 8.27. The first kappa shape index (κ1) is 10.5. The van der Waals surface area contributed by atoms with E-state index in [-0.39, 0.29) is 11.9 Å². The number of carbonyl (C=O) groups is 1. The van der Waals surface area contributed by atoms with Gasteiger partial charge in [-0.05, 0) is 12.0 Å². The lowest BCUT2D eigenvalue weighted by Gasteiger charge is -2.12. The maximum Gasteiger partial charge on any atom is 0.313 e. The van der Waals surface area contributed by atoms with Crippen LogP contribution in [0, 0.1) is 0 Å². The average molecular weight is 190 g/mol. The molecular formula is C12H14O2. The Balaban J connectivity index is 2.88. The van der Waals surface area contributed by atoms with Crippen molar-refractivity contribution in [1.29, 1.82) is 0 Å². The molecule has 0 amide bonds. The fourth-order valence-electron chi connectivity index (χ4n) is 1.36. The van der Waals surface area contributed by atoms with Gasteiger partial charge in [-0.2, -0.15) is 0 Å². The molecule has 1 aromatic rings. The lowest BCUT2D eigenvalue weighted by molar-refractivity contribution is -0.142. The minimum Gasteiger partial charge on any atom is -0.469 e. The molecule has 0 aliphatic carbocycles. The molecule has 0 N–H and O–H groups in total. The summed E-state index contributed by atoms with van der Waals surface area (Å²) in [5.74, 6) is -0.435. The van der Waals surface area contributed by atoms with E-state index in [9.17, 15) is 4.79 Å². The summed E-state index contributed by atoms with van der Waals surface area (Å²) in [7, 11) is 1.40. The molecule has 1 rings (SSSR count). The van der Waals surface area contributed by atoms with Crippen LogP contribution in [0.15, 0.2) is 43.0 Å². The molecule has 2 heteroatoms. The van der Waals surface area contributed by atoms with Crippen LogP contribution in [-0.2, 0) is 9.53 Å². The normalized spacial score (nSPS) is 11.8. The summed E-state index contributed by atoms with van der Waals surface area (Å²) in [6.45, 7) is 3.63. The maximum atomic E-state index is 11.4. The Morgan fingerprint density at radius 1 is 1.50 bits per heavy atom. The first-order valence-electron chi connectivity index (χ1n) is 4.53. The predicted molar refractivity (Wildman–Crippen MR) is 56.0 cm³/mol. The van der Waals surface area contributed by atoms with Crippen molar-refractivity contribution in [2.75, 3.05) is 7.11 Å². The largest absolute Gasteiger partial charge is 0.469 e. The summed E-state index contributed by atoms with van der Waals surface area (Å²) in [5.41, 5.74) is 0.972. The van der Waals surface area contributed by atoms with Crippen molar-refractivity contribution in [2.24, 2.45) is 0 Å². The Labute approximate surface area is 84.2 Å². The number of hydrogen-bond donors (Lipinski definition) is 0. The van der Waals surface area contributed by atoms with E-state index in [4.69, 9.17) is 4.74 Å². The van der Waals surface area contributed by atoms with Gasteiger partial charge in [0.05, 0.1) is 13.0 Å². The number of hydrogen-bond acceptors (Lipinski definition) is 2. The summed E-state index contributed by atoms with van der Waals surface area (Å²) in [6, 6.07) is 9.59. The summed E-state index contributed by atoms with van der Waals surface area (Å²) in [5, 5.41) is 0. The van der Waals surface area contributed by atoms with Gasteiger partial charge in [-0.1, -0.05) is 36.4 Å². The highest BCUT2D eigenvalue weighted by atomic mass is 16.5. The van der Waals surface area contributed by atoms with E-state index in [0.717, 1.165) is 5.56 Å². The van der Waals surface area contributed by atoms with Crippen molar-refractivity contribution >= 4 is 5.97 Å². The van der Waals surface area contributed by atoms with Crippen LogP contribution < -0.4 is 0 Å². The van der Waals surface area contributed by atoms with Gasteiger partial charge in [0, 0.05) is 0 Å². The van der Waals surface area contributed by atoms with Crippen LogP contribution in [0.25, 0.3) is 0 Å². The monoisotopic (exact) mass is 190 g/mol. The number of allylic oxidation sites excluding steroid dienone is 1. The quantitative estimate of drug-likeness (QED) is 0.538. The number of ether oxygens (including phenoxy) is 1. The smallest absolute Gasteiger partial charge is 0.313 e. The Bertz CT molecular complexity index is 303. The van der Waals surface area contributed by atoms with E-state index in [0.29, 0.717) is 6.42 Å². The second-order valence-corrected chi connectivity index (χ2v) is 3.01.